The van der Waals surface area contributed by atoms with Crippen molar-refractivity contribution in [3.8, 4) is 34.5 Å². The zero-order chi connectivity index (χ0) is 17.6. The summed E-state index contributed by atoms with van der Waals surface area (Å²) < 4.78 is 11.8. The monoisotopic (exact) mass is 400 g/mol. The Morgan fingerprint density at radius 1 is 1.32 bits per heavy atom. The van der Waals surface area contributed by atoms with Gasteiger partial charge >= 0.3 is 0 Å². The number of phenols is 1. The Labute approximate surface area is 151 Å². The zero-order valence-electron chi connectivity index (χ0n) is 13.2. The summed E-state index contributed by atoms with van der Waals surface area (Å²) in [5.74, 6) is 1.34. The lowest BCUT2D eigenvalue weighted by molar-refractivity contribution is 0.374. The highest BCUT2D eigenvalue weighted by molar-refractivity contribution is 9.10. The van der Waals surface area contributed by atoms with Crippen molar-refractivity contribution in [3.05, 3.63) is 62.4 Å². The number of fused-ring (bicyclic) bond motifs is 2. The van der Waals surface area contributed by atoms with Crippen molar-refractivity contribution in [1.29, 1.82) is 0 Å². The van der Waals surface area contributed by atoms with E-state index in [1.54, 1.807) is 18.2 Å². The average molecular weight is 401 g/mol. The van der Waals surface area contributed by atoms with Gasteiger partial charge < -0.3 is 19.6 Å². The lowest BCUT2D eigenvalue weighted by Gasteiger charge is -2.19. The number of methoxy groups -OCH3 is 1. The molecule has 0 spiro atoms. The maximum Gasteiger partial charge on any atom is 0.258 e. The van der Waals surface area contributed by atoms with E-state index in [1.807, 2.05) is 18.2 Å². The second kappa shape index (κ2) is 5.93. The van der Waals surface area contributed by atoms with Crippen LogP contribution in [0.5, 0.6) is 23.1 Å². The molecule has 4 rings (SSSR count). The van der Waals surface area contributed by atoms with Crippen LogP contribution in [0.15, 0.2) is 45.7 Å². The predicted molar refractivity (Wildman–Crippen MR) is 95.5 cm³/mol. The minimum absolute atomic E-state index is 0.0896. The number of para-hydroxylation sites is 1. The molecule has 0 fully saturated rings. The molecule has 2 heterocycles. The van der Waals surface area contributed by atoms with E-state index in [9.17, 15) is 9.90 Å². The molecule has 1 aliphatic rings. The van der Waals surface area contributed by atoms with Crippen molar-refractivity contribution >= 4 is 15.9 Å². The molecule has 0 saturated carbocycles. The summed E-state index contributed by atoms with van der Waals surface area (Å²) >= 11 is 3.42. The van der Waals surface area contributed by atoms with E-state index >= 15 is 0 Å². The first-order valence-corrected chi connectivity index (χ1v) is 8.32. The van der Waals surface area contributed by atoms with Crippen LogP contribution in [0, 0.1) is 0 Å². The molecule has 25 heavy (non-hydrogen) atoms. The number of halogens is 1. The normalized spacial score (nSPS) is 12.1. The number of hydrogen-bond donors (Lipinski definition) is 2. The molecular weight excluding hydrogens is 388 g/mol. The van der Waals surface area contributed by atoms with Gasteiger partial charge in [0.15, 0.2) is 11.5 Å². The highest BCUT2D eigenvalue weighted by Gasteiger charge is 2.23. The number of rotatable bonds is 2. The molecule has 0 radical (unpaired) electrons. The van der Waals surface area contributed by atoms with Crippen molar-refractivity contribution < 1.29 is 14.6 Å². The summed E-state index contributed by atoms with van der Waals surface area (Å²) in [6.07, 6.45) is 0.427. The Balaban J connectivity index is 1.83. The first-order valence-electron chi connectivity index (χ1n) is 7.52. The topological polar surface area (TPSA) is 84.4 Å². The summed E-state index contributed by atoms with van der Waals surface area (Å²) in [6, 6.07) is 10.6. The summed E-state index contributed by atoms with van der Waals surface area (Å²) in [5, 5.41) is 10.3. The molecule has 1 aromatic heterocycles. The summed E-state index contributed by atoms with van der Waals surface area (Å²) in [7, 11) is 1.46. The summed E-state index contributed by atoms with van der Waals surface area (Å²) in [4.78, 5) is 19.6. The largest absolute Gasteiger partial charge is 0.504 e. The standard InChI is InChI=1S/C18H13BrN2O4/c1-24-14-4-2-3-11(15(14)22)16-20-17(23)12-8-9-7-10(19)5-6-13(9)25-18(12)21-16/h2-7,22H,8H2,1H3,(H,20,21,23). The van der Waals surface area contributed by atoms with E-state index in [1.165, 1.54) is 7.11 Å². The number of phenolic OH excluding ortho intramolecular Hbond substituents is 1. The van der Waals surface area contributed by atoms with E-state index in [2.05, 4.69) is 25.9 Å². The van der Waals surface area contributed by atoms with Crippen LogP contribution in [-0.2, 0) is 6.42 Å². The van der Waals surface area contributed by atoms with Crippen LogP contribution >= 0.6 is 15.9 Å². The predicted octanol–water partition coefficient (Wildman–Crippen LogP) is 3.61. The van der Waals surface area contributed by atoms with E-state index in [0.717, 1.165) is 10.0 Å². The van der Waals surface area contributed by atoms with Gasteiger partial charge in [-0.1, -0.05) is 22.0 Å². The molecule has 7 heteroatoms. The van der Waals surface area contributed by atoms with Gasteiger partial charge in [-0.3, -0.25) is 4.79 Å². The Bertz CT molecular complexity index is 1050. The Kier molecular flexibility index (Phi) is 3.73. The molecule has 0 amide bonds. The van der Waals surface area contributed by atoms with Crippen LogP contribution in [-0.4, -0.2) is 22.2 Å². The number of H-pyrrole nitrogens is 1. The maximum atomic E-state index is 12.5. The van der Waals surface area contributed by atoms with Crippen molar-refractivity contribution in [2.24, 2.45) is 0 Å². The Hall–Kier alpha value is -2.80. The van der Waals surface area contributed by atoms with E-state index in [-0.39, 0.29) is 23.0 Å². The van der Waals surface area contributed by atoms with Crippen LogP contribution in [0.3, 0.4) is 0 Å². The number of aromatic nitrogens is 2. The summed E-state index contributed by atoms with van der Waals surface area (Å²) in [6.45, 7) is 0. The third-order valence-electron chi connectivity index (χ3n) is 4.05. The lowest BCUT2D eigenvalue weighted by atomic mass is 10.0. The molecule has 0 saturated heterocycles. The molecule has 126 valence electrons. The number of nitrogens with one attached hydrogen (secondary N) is 1. The lowest BCUT2D eigenvalue weighted by Crippen LogP contribution is -2.20. The molecule has 2 aromatic carbocycles. The second-order valence-electron chi connectivity index (χ2n) is 5.59. The van der Waals surface area contributed by atoms with Gasteiger partial charge in [-0.15, -0.1) is 0 Å². The van der Waals surface area contributed by atoms with Gasteiger partial charge in [0, 0.05) is 16.5 Å². The fraction of sp³-hybridized carbons (Fsp3) is 0.111. The Morgan fingerprint density at radius 2 is 2.16 bits per heavy atom. The van der Waals surface area contributed by atoms with Gasteiger partial charge in [0.25, 0.3) is 5.56 Å². The third kappa shape index (κ3) is 2.66. The van der Waals surface area contributed by atoms with Crippen molar-refractivity contribution in [3.63, 3.8) is 0 Å². The van der Waals surface area contributed by atoms with Gasteiger partial charge in [-0.2, -0.15) is 4.98 Å². The Morgan fingerprint density at radius 3 is 2.96 bits per heavy atom. The number of aromatic hydroxyl groups is 1. The maximum absolute atomic E-state index is 12.5. The highest BCUT2D eigenvalue weighted by Crippen LogP contribution is 2.38. The number of aromatic amines is 1. The van der Waals surface area contributed by atoms with Crippen LogP contribution in [0.1, 0.15) is 11.1 Å². The third-order valence-corrected chi connectivity index (χ3v) is 4.54. The molecule has 2 N–H and O–H groups in total. The van der Waals surface area contributed by atoms with E-state index < -0.39 is 0 Å². The molecule has 3 aromatic rings. The van der Waals surface area contributed by atoms with Gasteiger partial charge in [0.05, 0.1) is 18.2 Å². The number of ether oxygens (including phenoxy) is 2. The molecule has 0 bridgehead atoms. The zero-order valence-corrected chi connectivity index (χ0v) is 14.8. The van der Waals surface area contributed by atoms with Gasteiger partial charge in [0.2, 0.25) is 5.88 Å². The van der Waals surface area contributed by atoms with Crippen LogP contribution in [0.2, 0.25) is 0 Å². The fourth-order valence-electron chi connectivity index (χ4n) is 2.80. The second-order valence-corrected chi connectivity index (χ2v) is 6.50. The van der Waals surface area contributed by atoms with E-state index in [4.69, 9.17) is 9.47 Å². The summed E-state index contributed by atoms with van der Waals surface area (Å²) in [5.41, 5.74) is 1.43. The van der Waals surface area contributed by atoms with Crippen LogP contribution in [0.25, 0.3) is 11.4 Å². The first-order chi connectivity index (χ1) is 12.1. The number of benzene rings is 2. The molecule has 6 nitrogen and oxygen atoms in total. The van der Waals surface area contributed by atoms with Crippen molar-refractivity contribution in [2.45, 2.75) is 6.42 Å². The number of hydrogen-bond acceptors (Lipinski definition) is 5. The average Bonchev–Trinajstić information content (AvgIpc) is 2.60. The number of nitrogens with zero attached hydrogens (tertiary/aromatic N) is 1. The van der Waals surface area contributed by atoms with Crippen LogP contribution < -0.4 is 15.0 Å². The first kappa shape index (κ1) is 15.7. The van der Waals surface area contributed by atoms with Gasteiger partial charge in [0.1, 0.15) is 11.6 Å². The van der Waals surface area contributed by atoms with Gasteiger partial charge in [-0.25, -0.2) is 0 Å². The SMILES string of the molecule is COc1cccc(-c2nc3c(c(=O)[nH]2)Cc2cc(Br)ccc2O3)c1O. The molecular formula is C18H13BrN2O4. The van der Waals surface area contributed by atoms with Crippen molar-refractivity contribution in [1.82, 2.24) is 9.97 Å². The molecule has 1 aliphatic heterocycles. The fourth-order valence-corrected chi connectivity index (χ4v) is 3.21. The quantitative estimate of drug-likeness (QED) is 0.536. The highest BCUT2D eigenvalue weighted by atomic mass is 79.9. The van der Waals surface area contributed by atoms with Crippen LogP contribution in [0.4, 0.5) is 0 Å². The minimum atomic E-state index is -0.298. The molecule has 0 unspecified atom stereocenters. The molecule has 0 atom stereocenters. The smallest absolute Gasteiger partial charge is 0.258 e. The van der Waals surface area contributed by atoms with Crippen molar-refractivity contribution in [2.75, 3.05) is 7.11 Å². The minimum Gasteiger partial charge on any atom is -0.504 e. The molecule has 0 aliphatic carbocycles. The van der Waals surface area contributed by atoms with E-state index in [0.29, 0.717) is 29.0 Å². The van der Waals surface area contributed by atoms with Gasteiger partial charge in [-0.05, 0) is 30.3 Å².